The number of fused-ring (bicyclic) bond motifs is 2. The van der Waals surface area contributed by atoms with Gasteiger partial charge in [0, 0.05) is 24.7 Å². The molecule has 9 nitrogen and oxygen atoms in total. The molecule has 0 radical (unpaired) electrons. The number of rotatable bonds is 5. The van der Waals surface area contributed by atoms with Crippen LogP contribution in [-0.2, 0) is 35.3 Å². The van der Waals surface area contributed by atoms with Gasteiger partial charge in [-0.05, 0) is 37.3 Å². The maximum absolute atomic E-state index is 13.1. The number of halogens is 4. The summed E-state index contributed by atoms with van der Waals surface area (Å²) < 4.78 is 48.5. The molecular weight excluding hydrogens is 503 g/mol. The Morgan fingerprint density at radius 2 is 1.89 bits per heavy atom. The Morgan fingerprint density at radius 1 is 1.17 bits per heavy atom. The molecule has 0 saturated carbocycles. The van der Waals surface area contributed by atoms with Gasteiger partial charge < -0.3 is 19.4 Å². The van der Waals surface area contributed by atoms with Gasteiger partial charge >= 0.3 is 6.36 Å². The van der Waals surface area contributed by atoms with E-state index in [2.05, 4.69) is 19.8 Å². The molecule has 1 saturated heterocycles. The highest BCUT2D eigenvalue weighted by Gasteiger charge is 2.32. The summed E-state index contributed by atoms with van der Waals surface area (Å²) in [4.78, 5) is 35.0. The van der Waals surface area contributed by atoms with Crippen LogP contribution in [0.3, 0.4) is 0 Å². The van der Waals surface area contributed by atoms with Gasteiger partial charge in [-0.25, -0.2) is 9.67 Å². The Hall–Kier alpha value is -3.12. The quantitative estimate of drug-likeness (QED) is 0.549. The van der Waals surface area contributed by atoms with E-state index in [-0.39, 0.29) is 29.5 Å². The first kappa shape index (κ1) is 24.6. The third-order valence-electron chi connectivity index (χ3n) is 6.34. The third kappa shape index (κ3) is 5.19. The molecule has 2 aliphatic rings. The van der Waals surface area contributed by atoms with Crippen LogP contribution in [0.1, 0.15) is 35.5 Å². The van der Waals surface area contributed by atoms with Crippen LogP contribution in [0.4, 0.5) is 13.2 Å². The van der Waals surface area contributed by atoms with Crippen molar-refractivity contribution in [2.75, 3.05) is 26.3 Å². The van der Waals surface area contributed by atoms with Crippen LogP contribution in [0.15, 0.2) is 16.9 Å². The van der Waals surface area contributed by atoms with Crippen molar-refractivity contribution in [1.82, 2.24) is 24.6 Å². The van der Waals surface area contributed by atoms with Crippen LogP contribution in [-0.4, -0.2) is 63.2 Å². The zero-order valence-corrected chi connectivity index (χ0v) is 19.9. The number of morpholine rings is 1. The molecule has 1 fully saturated rings. The number of alkyl halides is 3. The maximum atomic E-state index is 13.1. The molecule has 1 aliphatic heterocycles. The van der Waals surface area contributed by atoms with Gasteiger partial charge in [0.15, 0.2) is 0 Å². The normalized spacial score (nSPS) is 16.3. The van der Waals surface area contributed by atoms with Crippen LogP contribution < -0.4 is 10.3 Å². The van der Waals surface area contributed by atoms with E-state index in [1.807, 2.05) is 0 Å². The molecule has 1 N–H and O–H groups in total. The zero-order valence-electron chi connectivity index (χ0n) is 19.2. The van der Waals surface area contributed by atoms with Gasteiger partial charge in [-0.15, -0.1) is 13.2 Å². The Kier molecular flexibility index (Phi) is 6.64. The molecule has 192 valence electrons. The van der Waals surface area contributed by atoms with Crippen molar-refractivity contribution < 1.29 is 27.4 Å². The van der Waals surface area contributed by atoms with E-state index in [1.165, 1.54) is 10.7 Å². The number of carbonyl (C=O) groups excluding carboxylic acids is 1. The van der Waals surface area contributed by atoms with Gasteiger partial charge in [0.2, 0.25) is 5.91 Å². The second-order valence-corrected chi connectivity index (χ2v) is 9.18. The first-order valence-corrected chi connectivity index (χ1v) is 12.0. The number of hydrogen-bond donors (Lipinski definition) is 1. The lowest BCUT2D eigenvalue weighted by Gasteiger charge is -2.27. The molecule has 5 rings (SSSR count). The molecule has 1 aliphatic carbocycles. The summed E-state index contributed by atoms with van der Waals surface area (Å²) in [5, 5.41) is 4.32. The second kappa shape index (κ2) is 9.74. The molecule has 0 bridgehead atoms. The van der Waals surface area contributed by atoms with Gasteiger partial charge in [-0.1, -0.05) is 11.6 Å². The fourth-order valence-electron chi connectivity index (χ4n) is 4.67. The topological polar surface area (TPSA) is 102 Å². The van der Waals surface area contributed by atoms with Crippen LogP contribution >= 0.6 is 11.6 Å². The summed E-state index contributed by atoms with van der Waals surface area (Å²) in [6.07, 6.45) is -1.62. The standard InChI is InChI=1S/C23H23ClF3N5O4/c24-15-9-17-18(10-19(15)36-23(25,26)27)29-20(28-17)11-16-13-3-1-2-4-14(13)22(34)32(30-16)12-21(33)31-5-7-35-8-6-31/h9-10H,1-8,11-12H2,(H,28,29). The van der Waals surface area contributed by atoms with Gasteiger partial charge in [0.1, 0.15) is 18.1 Å². The summed E-state index contributed by atoms with van der Waals surface area (Å²) in [5.41, 5.74) is 2.53. The van der Waals surface area contributed by atoms with Gasteiger partial charge in [-0.2, -0.15) is 5.10 Å². The SMILES string of the molecule is O=C(Cn1nc(Cc2nc3cc(Cl)c(OC(F)(F)F)cc3[nH]2)c2c(c1=O)CCCC2)N1CCOCC1. The van der Waals surface area contributed by atoms with E-state index in [0.29, 0.717) is 67.3 Å². The van der Waals surface area contributed by atoms with Crippen molar-refractivity contribution in [3.8, 4) is 5.75 Å². The smallest absolute Gasteiger partial charge is 0.404 e. The summed E-state index contributed by atoms with van der Waals surface area (Å²) in [6, 6.07) is 2.44. The lowest BCUT2D eigenvalue weighted by Crippen LogP contribution is -2.44. The molecule has 0 atom stereocenters. The zero-order chi connectivity index (χ0) is 25.4. The predicted molar refractivity (Wildman–Crippen MR) is 123 cm³/mol. The molecule has 0 unspecified atom stereocenters. The number of H-pyrrole nitrogens is 1. The molecular formula is C23H23ClF3N5O4. The highest BCUT2D eigenvalue weighted by Crippen LogP contribution is 2.33. The number of imidazole rings is 1. The largest absolute Gasteiger partial charge is 0.573 e. The van der Waals surface area contributed by atoms with Crippen LogP contribution in [0.25, 0.3) is 11.0 Å². The highest BCUT2D eigenvalue weighted by atomic mass is 35.5. The van der Waals surface area contributed by atoms with E-state index in [4.69, 9.17) is 16.3 Å². The van der Waals surface area contributed by atoms with E-state index in [9.17, 15) is 22.8 Å². The number of benzene rings is 1. The number of nitrogens with zero attached hydrogens (tertiary/aromatic N) is 4. The summed E-state index contributed by atoms with van der Waals surface area (Å²) in [7, 11) is 0. The number of amides is 1. The van der Waals surface area contributed by atoms with E-state index in [1.54, 1.807) is 4.90 Å². The minimum Gasteiger partial charge on any atom is -0.404 e. The first-order chi connectivity index (χ1) is 17.2. The second-order valence-electron chi connectivity index (χ2n) is 8.77. The first-order valence-electron chi connectivity index (χ1n) is 11.6. The Balaban J connectivity index is 1.46. The number of aromatic amines is 1. The van der Waals surface area contributed by atoms with Crippen LogP contribution in [0, 0.1) is 0 Å². The summed E-state index contributed by atoms with van der Waals surface area (Å²) in [6.45, 7) is 1.66. The number of carbonyl (C=O) groups is 1. The lowest BCUT2D eigenvalue weighted by molar-refractivity contribution is -0.274. The van der Waals surface area contributed by atoms with Crippen LogP contribution in [0.5, 0.6) is 5.75 Å². The van der Waals surface area contributed by atoms with E-state index < -0.39 is 12.1 Å². The van der Waals surface area contributed by atoms with Crippen molar-refractivity contribution >= 4 is 28.5 Å². The van der Waals surface area contributed by atoms with Crippen molar-refractivity contribution in [3.05, 3.63) is 50.2 Å². The lowest BCUT2D eigenvalue weighted by atomic mass is 9.91. The maximum Gasteiger partial charge on any atom is 0.573 e. The summed E-state index contributed by atoms with van der Waals surface area (Å²) in [5.74, 6) is -0.294. The van der Waals surface area contributed by atoms with E-state index >= 15 is 0 Å². The molecule has 0 spiro atoms. The number of aromatic nitrogens is 4. The molecule has 36 heavy (non-hydrogen) atoms. The molecule has 1 amide bonds. The van der Waals surface area contributed by atoms with E-state index in [0.717, 1.165) is 24.5 Å². The predicted octanol–water partition coefficient (Wildman–Crippen LogP) is 3.00. The Bertz CT molecular complexity index is 1360. The Labute approximate surface area is 208 Å². The average molecular weight is 526 g/mol. The fraction of sp³-hybridized carbons (Fsp3) is 0.478. The summed E-state index contributed by atoms with van der Waals surface area (Å²) >= 11 is 5.95. The number of hydrogen-bond acceptors (Lipinski definition) is 6. The Morgan fingerprint density at radius 3 is 2.61 bits per heavy atom. The van der Waals surface area contributed by atoms with Crippen molar-refractivity contribution in [1.29, 1.82) is 0 Å². The number of nitrogens with one attached hydrogen (secondary N) is 1. The monoisotopic (exact) mass is 525 g/mol. The highest BCUT2D eigenvalue weighted by molar-refractivity contribution is 6.32. The van der Waals surface area contributed by atoms with Gasteiger partial charge in [0.05, 0.1) is 41.4 Å². The molecule has 3 heterocycles. The van der Waals surface area contributed by atoms with Crippen molar-refractivity contribution in [3.63, 3.8) is 0 Å². The molecule has 3 aromatic rings. The van der Waals surface area contributed by atoms with Gasteiger partial charge in [-0.3, -0.25) is 9.59 Å². The minimum absolute atomic E-state index is 0.174. The van der Waals surface area contributed by atoms with Crippen LogP contribution in [0.2, 0.25) is 5.02 Å². The van der Waals surface area contributed by atoms with Crippen molar-refractivity contribution in [2.45, 2.75) is 45.0 Å². The third-order valence-corrected chi connectivity index (χ3v) is 6.64. The van der Waals surface area contributed by atoms with Gasteiger partial charge in [0.25, 0.3) is 5.56 Å². The average Bonchev–Trinajstić information content (AvgIpc) is 3.22. The molecule has 13 heteroatoms. The van der Waals surface area contributed by atoms with Crippen molar-refractivity contribution in [2.24, 2.45) is 0 Å². The number of ether oxygens (including phenoxy) is 2. The molecule has 2 aromatic heterocycles. The minimum atomic E-state index is -4.88. The molecule has 1 aromatic carbocycles. The fourth-order valence-corrected chi connectivity index (χ4v) is 4.86.